The molecule has 2 heterocycles. The Morgan fingerprint density at radius 3 is 2.41 bits per heavy atom. The zero-order chi connectivity index (χ0) is 20.5. The maximum Gasteiger partial charge on any atom is 0.248 e. The van der Waals surface area contributed by atoms with E-state index < -0.39 is 0 Å². The van der Waals surface area contributed by atoms with Crippen LogP contribution in [0.1, 0.15) is 28.3 Å². The van der Waals surface area contributed by atoms with E-state index in [0.717, 1.165) is 16.8 Å². The highest BCUT2D eigenvalue weighted by Crippen LogP contribution is 2.45. The fraction of sp³-hybridized carbons (Fsp3) is 0.286. The molecule has 0 amide bonds. The Morgan fingerprint density at radius 2 is 1.72 bits per heavy atom. The van der Waals surface area contributed by atoms with Crippen LogP contribution in [-0.2, 0) is 0 Å². The average molecular weight is 393 g/mol. The second-order valence-corrected chi connectivity index (χ2v) is 6.82. The largest absolute Gasteiger partial charge is 0.493 e. The molecule has 4 rings (SSSR count). The fourth-order valence-corrected chi connectivity index (χ4v) is 3.51. The third-order valence-corrected chi connectivity index (χ3v) is 5.20. The number of ether oxygens (including phenoxy) is 3. The number of anilines is 1. The Hall–Kier alpha value is -3.55. The van der Waals surface area contributed by atoms with E-state index in [-0.39, 0.29) is 6.04 Å². The number of fused-ring (bicyclic) bond motifs is 1. The van der Waals surface area contributed by atoms with Crippen LogP contribution >= 0.6 is 0 Å². The smallest absolute Gasteiger partial charge is 0.248 e. The molecule has 3 aromatic rings. The molecule has 0 aliphatic carbocycles. The van der Waals surface area contributed by atoms with Crippen molar-refractivity contribution >= 4 is 11.6 Å². The minimum absolute atomic E-state index is 0.285. The lowest BCUT2D eigenvalue weighted by Gasteiger charge is -2.26. The normalized spacial score (nSPS) is 15.2. The number of tetrazole rings is 1. The van der Waals surface area contributed by atoms with Gasteiger partial charge in [-0.25, -0.2) is 0 Å². The van der Waals surface area contributed by atoms with Gasteiger partial charge in [-0.15, -0.1) is 0 Å². The van der Waals surface area contributed by atoms with Crippen LogP contribution in [0.15, 0.2) is 36.4 Å². The summed E-state index contributed by atoms with van der Waals surface area (Å²) in [7, 11) is 4.79. The van der Waals surface area contributed by atoms with Crippen LogP contribution in [0.2, 0.25) is 0 Å². The summed E-state index contributed by atoms with van der Waals surface area (Å²) in [4.78, 5) is 0. The first-order valence-electron chi connectivity index (χ1n) is 9.20. The maximum absolute atomic E-state index is 5.69. The number of aryl methyl sites for hydroxylation is 2. The molecule has 1 unspecified atom stereocenters. The predicted octanol–water partition coefficient (Wildman–Crippen LogP) is 3.37. The highest BCUT2D eigenvalue weighted by molar-refractivity contribution is 5.78. The van der Waals surface area contributed by atoms with E-state index in [2.05, 4.69) is 59.0 Å². The SMILES string of the molecule is COc1ccc(C2C=C(c3ccc(C)c(C)c3)Nc3nnnn32)c(OC)c1OC. The van der Waals surface area contributed by atoms with Crippen molar-refractivity contribution in [3.8, 4) is 17.2 Å². The van der Waals surface area contributed by atoms with E-state index in [0.29, 0.717) is 23.2 Å². The maximum atomic E-state index is 5.69. The highest BCUT2D eigenvalue weighted by Gasteiger charge is 2.29. The molecule has 1 aliphatic heterocycles. The predicted molar refractivity (Wildman–Crippen MR) is 110 cm³/mol. The summed E-state index contributed by atoms with van der Waals surface area (Å²) in [5, 5.41) is 15.5. The topological polar surface area (TPSA) is 83.3 Å². The minimum atomic E-state index is -0.285. The van der Waals surface area contributed by atoms with Crippen LogP contribution in [-0.4, -0.2) is 41.5 Å². The van der Waals surface area contributed by atoms with Gasteiger partial charge in [0, 0.05) is 11.3 Å². The number of aromatic nitrogens is 4. The third-order valence-electron chi connectivity index (χ3n) is 5.20. The summed E-state index contributed by atoms with van der Waals surface area (Å²) >= 11 is 0. The van der Waals surface area contributed by atoms with Crippen molar-refractivity contribution in [2.75, 3.05) is 26.6 Å². The third kappa shape index (κ3) is 3.16. The van der Waals surface area contributed by atoms with Gasteiger partial charge >= 0.3 is 0 Å². The molecule has 29 heavy (non-hydrogen) atoms. The van der Waals surface area contributed by atoms with Crippen molar-refractivity contribution in [2.24, 2.45) is 0 Å². The van der Waals surface area contributed by atoms with Gasteiger partial charge in [0.2, 0.25) is 11.7 Å². The summed E-state index contributed by atoms with van der Waals surface area (Å²) in [5.74, 6) is 2.26. The Balaban J connectivity index is 1.88. The number of nitrogens with one attached hydrogen (secondary N) is 1. The molecule has 1 N–H and O–H groups in total. The van der Waals surface area contributed by atoms with Crippen molar-refractivity contribution in [1.29, 1.82) is 0 Å². The molecule has 1 atom stereocenters. The quantitative estimate of drug-likeness (QED) is 0.711. The van der Waals surface area contributed by atoms with E-state index in [9.17, 15) is 0 Å². The molecule has 0 saturated carbocycles. The molecule has 150 valence electrons. The summed E-state index contributed by atoms with van der Waals surface area (Å²) in [6.45, 7) is 4.20. The summed E-state index contributed by atoms with van der Waals surface area (Å²) in [5.41, 5.74) is 5.31. The zero-order valence-corrected chi connectivity index (χ0v) is 17.1. The van der Waals surface area contributed by atoms with Crippen LogP contribution in [0.3, 0.4) is 0 Å². The second kappa shape index (κ2) is 7.46. The molecule has 1 aliphatic rings. The van der Waals surface area contributed by atoms with Gasteiger partial charge in [0.25, 0.3) is 0 Å². The van der Waals surface area contributed by atoms with Crippen LogP contribution in [0, 0.1) is 13.8 Å². The minimum Gasteiger partial charge on any atom is -0.493 e. The first-order chi connectivity index (χ1) is 14.1. The Bertz CT molecular complexity index is 1090. The van der Waals surface area contributed by atoms with Crippen LogP contribution < -0.4 is 19.5 Å². The lowest BCUT2D eigenvalue weighted by Crippen LogP contribution is -2.21. The van der Waals surface area contributed by atoms with Gasteiger partial charge in [-0.3, -0.25) is 0 Å². The van der Waals surface area contributed by atoms with Crippen molar-refractivity contribution < 1.29 is 14.2 Å². The van der Waals surface area contributed by atoms with Crippen LogP contribution in [0.25, 0.3) is 5.70 Å². The molecule has 0 bridgehead atoms. The Kier molecular flexibility index (Phi) is 4.84. The second-order valence-electron chi connectivity index (χ2n) is 6.82. The van der Waals surface area contributed by atoms with Crippen LogP contribution in [0.4, 0.5) is 5.95 Å². The van der Waals surface area contributed by atoms with E-state index in [1.54, 1.807) is 26.0 Å². The molecule has 0 radical (unpaired) electrons. The van der Waals surface area contributed by atoms with Gasteiger partial charge in [0.1, 0.15) is 6.04 Å². The molecular formula is C21H23N5O3. The first kappa shape index (κ1) is 18.8. The summed E-state index contributed by atoms with van der Waals surface area (Å²) < 4.78 is 18.4. The van der Waals surface area contributed by atoms with E-state index in [4.69, 9.17) is 14.2 Å². The lowest BCUT2D eigenvalue weighted by molar-refractivity contribution is 0.320. The molecule has 2 aromatic carbocycles. The standard InChI is InChI=1S/C21H23N5O3/c1-12-6-7-14(10-13(12)2)16-11-17(26-21(22-16)23-24-25-26)15-8-9-18(27-3)20(29-5)19(15)28-4/h6-11,17H,1-5H3,(H,22,23,25). The van der Waals surface area contributed by atoms with Crippen LogP contribution in [0.5, 0.6) is 17.2 Å². The number of allylic oxidation sites excluding steroid dienone is 1. The first-order valence-corrected chi connectivity index (χ1v) is 9.20. The van der Waals surface area contributed by atoms with E-state index in [1.807, 2.05) is 12.1 Å². The van der Waals surface area contributed by atoms with E-state index >= 15 is 0 Å². The Morgan fingerprint density at radius 1 is 0.931 bits per heavy atom. The monoisotopic (exact) mass is 393 g/mol. The molecule has 0 spiro atoms. The number of rotatable bonds is 5. The highest BCUT2D eigenvalue weighted by atomic mass is 16.5. The van der Waals surface area contributed by atoms with Gasteiger partial charge in [-0.05, 0) is 65.2 Å². The molecule has 8 nitrogen and oxygen atoms in total. The van der Waals surface area contributed by atoms with Gasteiger partial charge in [0.05, 0.1) is 21.3 Å². The fourth-order valence-electron chi connectivity index (χ4n) is 3.51. The lowest BCUT2D eigenvalue weighted by atomic mass is 9.98. The molecule has 0 fully saturated rings. The zero-order valence-electron chi connectivity index (χ0n) is 17.1. The van der Waals surface area contributed by atoms with Crippen molar-refractivity contribution in [2.45, 2.75) is 19.9 Å². The Labute approximate surface area is 169 Å². The van der Waals surface area contributed by atoms with E-state index in [1.165, 1.54) is 11.1 Å². The van der Waals surface area contributed by atoms with Gasteiger partial charge in [-0.2, -0.15) is 4.68 Å². The van der Waals surface area contributed by atoms with Crippen molar-refractivity contribution in [1.82, 2.24) is 20.2 Å². The number of methoxy groups -OCH3 is 3. The average Bonchev–Trinajstić information content (AvgIpc) is 3.22. The molecular weight excluding hydrogens is 370 g/mol. The molecule has 8 heteroatoms. The number of hydrogen-bond acceptors (Lipinski definition) is 7. The number of nitrogens with zero attached hydrogens (tertiary/aromatic N) is 4. The van der Waals surface area contributed by atoms with Gasteiger partial charge in [-0.1, -0.05) is 17.2 Å². The summed E-state index contributed by atoms with van der Waals surface area (Å²) in [6.07, 6.45) is 2.08. The number of benzene rings is 2. The van der Waals surface area contributed by atoms with Crippen molar-refractivity contribution in [3.63, 3.8) is 0 Å². The summed E-state index contributed by atoms with van der Waals surface area (Å²) in [6, 6.07) is 9.85. The molecule has 0 saturated heterocycles. The van der Waals surface area contributed by atoms with Gasteiger partial charge < -0.3 is 19.5 Å². The van der Waals surface area contributed by atoms with Gasteiger partial charge in [0.15, 0.2) is 11.5 Å². The molecule has 1 aromatic heterocycles. The van der Waals surface area contributed by atoms with Crippen molar-refractivity contribution in [3.05, 3.63) is 58.7 Å². The number of hydrogen-bond donors (Lipinski definition) is 1.